The van der Waals surface area contributed by atoms with Crippen molar-refractivity contribution >= 4 is 11.6 Å². The van der Waals surface area contributed by atoms with Crippen LogP contribution in [0.5, 0.6) is 5.75 Å². The van der Waals surface area contributed by atoms with Crippen LogP contribution in [0.1, 0.15) is 24.0 Å². The first-order valence-electron chi connectivity index (χ1n) is 7.97. The van der Waals surface area contributed by atoms with E-state index < -0.39 is 11.6 Å². The van der Waals surface area contributed by atoms with Gasteiger partial charge in [0.2, 0.25) is 5.82 Å². The molecule has 1 aromatic heterocycles. The van der Waals surface area contributed by atoms with E-state index in [2.05, 4.69) is 15.4 Å². The van der Waals surface area contributed by atoms with Gasteiger partial charge in [-0.1, -0.05) is 37.3 Å². The first-order valence-corrected chi connectivity index (χ1v) is 7.97. The number of aromatic amines is 1. The molecular weight excluding hydrogens is 320 g/mol. The van der Waals surface area contributed by atoms with Crippen molar-refractivity contribution in [1.82, 2.24) is 14.8 Å². The Morgan fingerprint density at radius 2 is 1.88 bits per heavy atom. The van der Waals surface area contributed by atoms with Crippen molar-refractivity contribution in [2.24, 2.45) is 0 Å². The fourth-order valence-electron chi connectivity index (χ4n) is 2.26. The molecule has 3 aromatic rings. The van der Waals surface area contributed by atoms with E-state index in [-0.39, 0.29) is 5.82 Å². The zero-order chi connectivity index (χ0) is 17.6. The Bertz CT molecular complexity index is 915. The third-order valence-corrected chi connectivity index (χ3v) is 3.43. The van der Waals surface area contributed by atoms with E-state index in [0.29, 0.717) is 23.7 Å². The van der Waals surface area contributed by atoms with Gasteiger partial charge in [-0.3, -0.25) is 9.78 Å². The SMILES string of the molecule is CCCOc1ccccc1NC(=O)c1nn(-c2ccccc2)c(=O)[nH]1. The van der Waals surface area contributed by atoms with Crippen LogP contribution in [-0.2, 0) is 0 Å². The molecule has 0 bridgehead atoms. The highest BCUT2D eigenvalue weighted by Gasteiger charge is 2.16. The van der Waals surface area contributed by atoms with Crippen molar-refractivity contribution < 1.29 is 9.53 Å². The van der Waals surface area contributed by atoms with E-state index in [4.69, 9.17) is 4.74 Å². The summed E-state index contributed by atoms with van der Waals surface area (Å²) < 4.78 is 6.76. The van der Waals surface area contributed by atoms with Crippen LogP contribution in [0.25, 0.3) is 5.69 Å². The molecule has 2 aromatic carbocycles. The summed E-state index contributed by atoms with van der Waals surface area (Å²) in [6.45, 7) is 2.55. The minimum absolute atomic E-state index is 0.0702. The number of H-pyrrole nitrogens is 1. The molecule has 0 aliphatic heterocycles. The van der Waals surface area contributed by atoms with Crippen LogP contribution >= 0.6 is 0 Å². The average Bonchev–Trinajstić information content (AvgIpc) is 3.03. The van der Waals surface area contributed by atoms with Crippen LogP contribution in [0.4, 0.5) is 5.69 Å². The van der Waals surface area contributed by atoms with Gasteiger partial charge in [0.1, 0.15) is 5.75 Å². The first kappa shape index (κ1) is 16.5. The summed E-state index contributed by atoms with van der Waals surface area (Å²) in [5.74, 6) is -0.0129. The quantitative estimate of drug-likeness (QED) is 0.723. The molecule has 0 aliphatic carbocycles. The van der Waals surface area contributed by atoms with Crippen LogP contribution in [0, 0.1) is 0 Å². The summed E-state index contributed by atoms with van der Waals surface area (Å²) in [6, 6.07) is 16.0. The van der Waals surface area contributed by atoms with E-state index in [9.17, 15) is 9.59 Å². The van der Waals surface area contributed by atoms with Gasteiger partial charge in [0.25, 0.3) is 5.91 Å². The van der Waals surface area contributed by atoms with Crippen LogP contribution in [0.2, 0.25) is 0 Å². The number of carbonyl (C=O) groups is 1. The lowest BCUT2D eigenvalue weighted by molar-refractivity contribution is 0.101. The van der Waals surface area contributed by atoms with Gasteiger partial charge in [0.05, 0.1) is 18.0 Å². The summed E-state index contributed by atoms with van der Waals surface area (Å²) >= 11 is 0. The molecule has 0 spiro atoms. The van der Waals surface area contributed by atoms with E-state index in [1.807, 2.05) is 19.1 Å². The van der Waals surface area contributed by atoms with E-state index in [0.717, 1.165) is 11.1 Å². The molecule has 0 atom stereocenters. The Morgan fingerprint density at radius 1 is 1.16 bits per heavy atom. The van der Waals surface area contributed by atoms with Crippen LogP contribution in [-0.4, -0.2) is 27.3 Å². The number of amides is 1. The predicted octanol–water partition coefficient (Wildman–Crippen LogP) is 2.60. The maximum absolute atomic E-state index is 12.4. The number of hydrogen-bond acceptors (Lipinski definition) is 4. The summed E-state index contributed by atoms with van der Waals surface area (Å²) in [7, 11) is 0. The van der Waals surface area contributed by atoms with E-state index in [1.165, 1.54) is 0 Å². The topological polar surface area (TPSA) is 89.0 Å². The second-order valence-electron chi connectivity index (χ2n) is 5.32. The number of benzene rings is 2. The minimum atomic E-state index is -0.515. The Labute approximate surface area is 144 Å². The van der Waals surface area contributed by atoms with Gasteiger partial charge in [0, 0.05) is 0 Å². The second kappa shape index (κ2) is 7.48. The highest BCUT2D eigenvalue weighted by Crippen LogP contribution is 2.24. The lowest BCUT2D eigenvalue weighted by atomic mass is 10.3. The molecule has 2 N–H and O–H groups in total. The molecule has 25 heavy (non-hydrogen) atoms. The molecule has 1 heterocycles. The van der Waals surface area contributed by atoms with Crippen LogP contribution in [0.3, 0.4) is 0 Å². The number of nitrogens with zero attached hydrogens (tertiary/aromatic N) is 2. The molecule has 0 saturated carbocycles. The van der Waals surface area contributed by atoms with Gasteiger partial charge >= 0.3 is 5.69 Å². The molecule has 3 rings (SSSR count). The molecule has 0 radical (unpaired) electrons. The average molecular weight is 338 g/mol. The van der Waals surface area contributed by atoms with Crippen molar-refractivity contribution in [1.29, 1.82) is 0 Å². The van der Waals surface area contributed by atoms with Crippen molar-refractivity contribution in [3.05, 3.63) is 70.9 Å². The van der Waals surface area contributed by atoms with Gasteiger partial charge < -0.3 is 10.1 Å². The van der Waals surface area contributed by atoms with Gasteiger partial charge in [-0.25, -0.2) is 4.79 Å². The maximum atomic E-state index is 12.4. The number of anilines is 1. The molecule has 128 valence electrons. The van der Waals surface area contributed by atoms with Crippen molar-refractivity contribution in [2.45, 2.75) is 13.3 Å². The number of hydrogen-bond donors (Lipinski definition) is 2. The molecule has 0 aliphatic rings. The number of carbonyl (C=O) groups excluding carboxylic acids is 1. The summed E-state index contributed by atoms with van der Waals surface area (Å²) in [5, 5.41) is 6.78. The predicted molar refractivity (Wildman–Crippen MR) is 94.4 cm³/mol. The number of para-hydroxylation sites is 3. The normalized spacial score (nSPS) is 10.4. The zero-order valence-corrected chi connectivity index (χ0v) is 13.7. The largest absolute Gasteiger partial charge is 0.491 e. The van der Waals surface area contributed by atoms with Gasteiger partial charge in [-0.15, -0.1) is 5.10 Å². The number of rotatable bonds is 6. The standard InChI is InChI=1S/C18H18N4O3/c1-2-12-25-15-11-7-6-10-14(15)19-17(23)16-20-18(24)22(21-16)13-8-4-3-5-9-13/h3-11H,2,12H2,1H3,(H,19,23)(H,20,21,24). The fraction of sp³-hybridized carbons (Fsp3) is 0.167. The molecule has 7 heteroatoms. The van der Waals surface area contributed by atoms with E-state index >= 15 is 0 Å². The summed E-state index contributed by atoms with van der Waals surface area (Å²) in [6.07, 6.45) is 0.858. The monoisotopic (exact) mass is 338 g/mol. The first-order chi connectivity index (χ1) is 12.2. The highest BCUT2D eigenvalue weighted by atomic mass is 16.5. The molecule has 0 saturated heterocycles. The highest BCUT2D eigenvalue weighted by molar-refractivity contribution is 6.02. The minimum Gasteiger partial charge on any atom is -0.491 e. The molecule has 0 unspecified atom stereocenters. The molecular formula is C18H18N4O3. The lowest BCUT2D eigenvalue weighted by Crippen LogP contribution is -2.16. The smallest absolute Gasteiger partial charge is 0.348 e. The lowest BCUT2D eigenvalue weighted by Gasteiger charge is -2.10. The number of ether oxygens (including phenoxy) is 1. The van der Waals surface area contributed by atoms with Gasteiger partial charge in [-0.05, 0) is 30.7 Å². The molecule has 1 amide bonds. The Kier molecular flexibility index (Phi) is 4.94. The Balaban J connectivity index is 1.82. The van der Waals surface area contributed by atoms with Gasteiger partial charge in [-0.2, -0.15) is 4.68 Å². The number of nitrogens with one attached hydrogen (secondary N) is 2. The van der Waals surface area contributed by atoms with Gasteiger partial charge in [0.15, 0.2) is 0 Å². The van der Waals surface area contributed by atoms with Crippen molar-refractivity contribution in [3.8, 4) is 11.4 Å². The van der Waals surface area contributed by atoms with Crippen LogP contribution < -0.4 is 15.7 Å². The zero-order valence-electron chi connectivity index (χ0n) is 13.7. The fourth-order valence-corrected chi connectivity index (χ4v) is 2.26. The summed E-state index contributed by atoms with van der Waals surface area (Å²) in [5.41, 5.74) is 0.623. The van der Waals surface area contributed by atoms with E-state index in [1.54, 1.807) is 42.5 Å². The second-order valence-corrected chi connectivity index (χ2v) is 5.32. The van der Waals surface area contributed by atoms with Crippen molar-refractivity contribution in [2.75, 3.05) is 11.9 Å². The molecule has 0 fully saturated rings. The third kappa shape index (κ3) is 3.77. The van der Waals surface area contributed by atoms with Crippen LogP contribution in [0.15, 0.2) is 59.4 Å². The summed E-state index contributed by atoms with van der Waals surface area (Å²) in [4.78, 5) is 26.9. The molecule has 7 nitrogen and oxygen atoms in total. The van der Waals surface area contributed by atoms with Crippen molar-refractivity contribution in [3.63, 3.8) is 0 Å². The third-order valence-electron chi connectivity index (χ3n) is 3.43. The Morgan fingerprint density at radius 3 is 2.64 bits per heavy atom. The number of aromatic nitrogens is 3. The Hall–Kier alpha value is -3.35. The maximum Gasteiger partial charge on any atom is 0.348 e.